The fraction of sp³-hybridized carbons (Fsp3) is 0.192. The van der Waals surface area contributed by atoms with E-state index in [4.69, 9.17) is 0 Å². The monoisotopic (exact) mass is 504 g/mol. The number of benzene rings is 2. The molecule has 36 heavy (non-hydrogen) atoms. The Hall–Kier alpha value is -4.31. The standard InChI is InChI=1S/C26H24N4O5S/c1-14-5-10-19(15(2)11-14)29-23(32)22-16(3)21-24(36-22)27-13-30(25(21)33)12-20(31)28-18-8-6-17(7-9-18)26(34)35-4/h5-11,13H,12H2,1-4H3,(H,28,31)(H,29,32). The number of methoxy groups -OCH3 is 1. The second kappa shape index (κ2) is 10.1. The van der Waals surface area contributed by atoms with E-state index in [2.05, 4.69) is 20.4 Å². The second-order valence-corrected chi connectivity index (χ2v) is 9.30. The van der Waals surface area contributed by atoms with Crippen LogP contribution in [0, 0.1) is 20.8 Å². The van der Waals surface area contributed by atoms with Crippen LogP contribution in [0.15, 0.2) is 53.6 Å². The van der Waals surface area contributed by atoms with E-state index in [9.17, 15) is 19.2 Å². The largest absolute Gasteiger partial charge is 0.465 e. The first-order valence-corrected chi connectivity index (χ1v) is 11.8. The average Bonchev–Trinajstić information content (AvgIpc) is 3.19. The van der Waals surface area contributed by atoms with Crippen molar-refractivity contribution in [2.24, 2.45) is 0 Å². The van der Waals surface area contributed by atoms with Gasteiger partial charge in [-0.1, -0.05) is 17.7 Å². The van der Waals surface area contributed by atoms with E-state index in [1.807, 2.05) is 32.0 Å². The third kappa shape index (κ3) is 5.03. The first-order chi connectivity index (χ1) is 17.2. The molecule has 4 rings (SSSR count). The van der Waals surface area contributed by atoms with Gasteiger partial charge in [0.25, 0.3) is 11.5 Å². The molecule has 0 aliphatic rings. The number of fused-ring (bicyclic) bond motifs is 1. The van der Waals surface area contributed by atoms with Gasteiger partial charge in [-0.3, -0.25) is 19.0 Å². The summed E-state index contributed by atoms with van der Waals surface area (Å²) in [7, 11) is 1.29. The SMILES string of the molecule is COC(=O)c1ccc(NC(=O)Cn2cnc3sc(C(=O)Nc4ccc(C)cc4C)c(C)c3c2=O)cc1. The van der Waals surface area contributed by atoms with E-state index in [0.29, 0.717) is 37.6 Å². The Bertz CT molecular complexity index is 1550. The lowest BCUT2D eigenvalue weighted by Gasteiger charge is -2.09. The molecule has 2 aromatic heterocycles. The Balaban J connectivity index is 1.53. The summed E-state index contributed by atoms with van der Waals surface area (Å²) in [4.78, 5) is 55.3. The number of ether oxygens (including phenoxy) is 1. The molecule has 2 N–H and O–H groups in total. The zero-order chi connectivity index (χ0) is 26.0. The van der Waals surface area contributed by atoms with Crippen LogP contribution in [0.25, 0.3) is 10.2 Å². The van der Waals surface area contributed by atoms with Gasteiger partial charge in [-0.15, -0.1) is 11.3 Å². The lowest BCUT2D eigenvalue weighted by molar-refractivity contribution is -0.116. The molecule has 0 radical (unpaired) electrons. The highest BCUT2D eigenvalue weighted by Gasteiger charge is 2.20. The van der Waals surface area contributed by atoms with Crippen molar-refractivity contribution in [1.82, 2.24) is 9.55 Å². The molecule has 184 valence electrons. The minimum atomic E-state index is -0.480. The molecule has 2 aromatic carbocycles. The number of thiophene rings is 1. The van der Waals surface area contributed by atoms with Crippen LogP contribution in [0.3, 0.4) is 0 Å². The maximum absolute atomic E-state index is 13.1. The molecule has 2 heterocycles. The van der Waals surface area contributed by atoms with Gasteiger partial charge in [-0.25, -0.2) is 9.78 Å². The minimum absolute atomic E-state index is 0.264. The number of rotatable bonds is 6. The normalized spacial score (nSPS) is 10.8. The summed E-state index contributed by atoms with van der Waals surface area (Å²) >= 11 is 1.14. The molecule has 0 aliphatic carbocycles. The maximum atomic E-state index is 13.1. The number of amides is 2. The van der Waals surface area contributed by atoms with Crippen molar-refractivity contribution in [3.8, 4) is 0 Å². The number of carbonyl (C=O) groups excluding carboxylic acids is 3. The minimum Gasteiger partial charge on any atom is -0.465 e. The van der Waals surface area contributed by atoms with Gasteiger partial charge in [-0.05, 0) is 62.2 Å². The number of anilines is 2. The number of esters is 1. The number of carbonyl (C=O) groups is 3. The zero-order valence-corrected chi connectivity index (χ0v) is 21.0. The van der Waals surface area contributed by atoms with Crippen LogP contribution >= 0.6 is 11.3 Å². The molecule has 10 heteroatoms. The van der Waals surface area contributed by atoms with E-state index in [0.717, 1.165) is 22.5 Å². The van der Waals surface area contributed by atoms with Crippen molar-refractivity contribution >= 4 is 50.7 Å². The lowest BCUT2D eigenvalue weighted by atomic mass is 10.1. The van der Waals surface area contributed by atoms with Crippen molar-refractivity contribution in [1.29, 1.82) is 0 Å². The van der Waals surface area contributed by atoms with E-state index < -0.39 is 17.4 Å². The quantitative estimate of drug-likeness (QED) is 0.382. The summed E-state index contributed by atoms with van der Waals surface area (Å²) in [6.07, 6.45) is 1.30. The van der Waals surface area contributed by atoms with E-state index in [1.165, 1.54) is 30.1 Å². The molecule has 0 aliphatic heterocycles. The predicted molar refractivity (Wildman–Crippen MR) is 139 cm³/mol. The number of hydrogen-bond donors (Lipinski definition) is 2. The van der Waals surface area contributed by atoms with Crippen molar-refractivity contribution in [2.45, 2.75) is 27.3 Å². The van der Waals surface area contributed by atoms with Gasteiger partial charge in [0.2, 0.25) is 5.91 Å². The molecular weight excluding hydrogens is 480 g/mol. The first-order valence-electron chi connectivity index (χ1n) is 11.0. The highest BCUT2D eigenvalue weighted by atomic mass is 32.1. The van der Waals surface area contributed by atoms with Crippen LogP contribution in [0.5, 0.6) is 0 Å². The molecule has 0 bridgehead atoms. The predicted octanol–water partition coefficient (Wildman–Crippen LogP) is 4.06. The summed E-state index contributed by atoms with van der Waals surface area (Å²) in [6, 6.07) is 11.9. The Morgan fingerprint density at radius 1 is 1.03 bits per heavy atom. The summed E-state index contributed by atoms with van der Waals surface area (Å²) in [5.41, 5.74) is 3.66. The van der Waals surface area contributed by atoms with Crippen LogP contribution in [-0.2, 0) is 16.1 Å². The molecule has 0 saturated heterocycles. The van der Waals surface area contributed by atoms with Crippen LogP contribution in [0.1, 0.15) is 36.7 Å². The Labute approximate surface area is 210 Å². The van der Waals surface area contributed by atoms with Gasteiger partial charge in [0, 0.05) is 11.4 Å². The van der Waals surface area contributed by atoms with Crippen LogP contribution < -0.4 is 16.2 Å². The maximum Gasteiger partial charge on any atom is 0.337 e. The third-order valence-electron chi connectivity index (χ3n) is 5.66. The fourth-order valence-electron chi connectivity index (χ4n) is 3.78. The Morgan fingerprint density at radius 2 is 1.75 bits per heavy atom. The van der Waals surface area contributed by atoms with Gasteiger partial charge in [0.05, 0.1) is 29.3 Å². The molecule has 0 saturated carbocycles. The smallest absolute Gasteiger partial charge is 0.337 e. The molecule has 0 spiro atoms. The van der Waals surface area contributed by atoms with Crippen molar-refractivity contribution in [2.75, 3.05) is 17.7 Å². The molecule has 0 fully saturated rings. The van der Waals surface area contributed by atoms with E-state index >= 15 is 0 Å². The highest BCUT2D eigenvalue weighted by molar-refractivity contribution is 7.20. The summed E-state index contributed by atoms with van der Waals surface area (Å²) in [6.45, 7) is 5.33. The molecule has 2 amide bonds. The Kier molecular flexibility index (Phi) is 6.98. The third-order valence-corrected chi connectivity index (χ3v) is 6.86. The van der Waals surface area contributed by atoms with Gasteiger partial charge < -0.3 is 15.4 Å². The van der Waals surface area contributed by atoms with Crippen LogP contribution in [0.2, 0.25) is 0 Å². The van der Waals surface area contributed by atoms with E-state index in [-0.39, 0.29) is 12.5 Å². The Morgan fingerprint density at radius 3 is 2.42 bits per heavy atom. The number of hydrogen-bond acceptors (Lipinski definition) is 7. The topological polar surface area (TPSA) is 119 Å². The van der Waals surface area contributed by atoms with Gasteiger partial charge in [-0.2, -0.15) is 0 Å². The molecule has 0 atom stereocenters. The summed E-state index contributed by atoms with van der Waals surface area (Å²) in [5, 5.41) is 5.90. The zero-order valence-electron chi connectivity index (χ0n) is 20.2. The van der Waals surface area contributed by atoms with Gasteiger partial charge in [0.1, 0.15) is 11.4 Å². The van der Waals surface area contributed by atoms with Crippen LogP contribution in [0.4, 0.5) is 11.4 Å². The summed E-state index contributed by atoms with van der Waals surface area (Å²) < 4.78 is 5.85. The number of nitrogens with one attached hydrogen (secondary N) is 2. The fourth-order valence-corrected chi connectivity index (χ4v) is 4.82. The van der Waals surface area contributed by atoms with Crippen molar-refractivity contribution < 1.29 is 19.1 Å². The number of aromatic nitrogens is 2. The van der Waals surface area contributed by atoms with Gasteiger partial charge >= 0.3 is 5.97 Å². The highest BCUT2D eigenvalue weighted by Crippen LogP contribution is 2.28. The first kappa shape index (κ1) is 24.8. The second-order valence-electron chi connectivity index (χ2n) is 8.30. The van der Waals surface area contributed by atoms with E-state index in [1.54, 1.807) is 19.1 Å². The van der Waals surface area contributed by atoms with Crippen molar-refractivity contribution in [3.63, 3.8) is 0 Å². The number of nitrogens with zero attached hydrogens (tertiary/aromatic N) is 2. The van der Waals surface area contributed by atoms with Crippen molar-refractivity contribution in [3.05, 3.63) is 86.3 Å². The molecule has 9 nitrogen and oxygen atoms in total. The summed E-state index contributed by atoms with van der Waals surface area (Å²) in [5.74, 6) is -1.24. The average molecular weight is 505 g/mol. The molecule has 4 aromatic rings. The van der Waals surface area contributed by atoms with Crippen LogP contribution in [-0.4, -0.2) is 34.4 Å². The molecular formula is C26H24N4O5S. The molecule has 0 unspecified atom stereocenters. The lowest BCUT2D eigenvalue weighted by Crippen LogP contribution is -2.28. The number of aryl methyl sites for hydroxylation is 3. The van der Waals surface area contributed by atoms with Gasteiger partial charge in [0.15, 0.2) is 0 Å².